The molecule has 70 valence electrons. The maximum absolute atomic E-state index is 10.8. The van der Waals surface area contributed by atoms with Gasteiger partial charge in [-0.25, -0.2) is 4.79 Å². The van der Waals surface area contributed by atoms with Crippen molar-refractivity contribution in [3.05, 3.63) is 34.4 Å². The molecule has 0 aliphatic heterocycles. The third kappa shape index (κ3) is 2.33. The summed E-state index contributed by atoms with van der Waals surface area (Å²) >= 11 is 0. The number of hydrogen-bond donors (Lipinski definition) is 1. The van der Waals surface area contributed by atoms with Crippen molar-refractivity contribution >= 4 is 23.3 Å². The number of carbonyl (C=O) groups is 1. The highest BCUT2D eigenvalue weighted by molar-refractivity contribution is 5.91. The SMILES string of the molecule is Cc1ccc(C)c(C(=O)O)c1C.[AlH3]. The number of hydrogen-bond acceptors (Lipinski definition) is 1. The Hall–Kier alpha value is -0.778. The second-order valence-electron chi connectivity index (χ2n) is 3.00. The maximum atomic E-state index is 10.8. The number of benzene rings is 1. The molecule has 1 rings (SSSR count). The predicted octanol–water partition coefficient (Wildman–Crippen LogP) is 1.13. The van der Waals surface area contributed by atoms with Gasteiger partial charge in [0.1, 0.15) is 0 Å². The molecule has 3 heteroatoms. The van der Waals surface area contributed by atoms with Crippen LogP contribution in [0.4, 0.5) is 0 Å². The third-order valence-electron chi connectivity index (χ3n) is 2.16. The van der Waals surface area contributed by atoms with Crippen LogP contribution in [0.5, 0.6) is 0 Å². The quantitative estimate of drug-likeness (QED) is 0.680. The molecule has 0 aliphatic rings. The molecule has 0 amide bonds. The van der Waals surface area contributed by atoms with Gasteiger partial charge in [0.25, 0.3) is 0 Å². The van der Waals surface area contributed by atoms with Crippen molar-refractivity contribution < 1.29 is 9.90 Å². The summed E-state index contributed by atoms with van der Waals surface area (Å²) in [6, 6.07) is 3.78. The van der Waals surface area contributed by atoms with Gasteiger partial charge in [0, 0.05) is 0 Å². The van der Waals surface area contributed by atoms with E-state index in [9.17, 15) is 4.79 Å². The van der Waals surface area contributed by atoms with Crippen molar-refractivity contribution in [3.8, 4) is 0 Å². The topological polar surface area (TPSA) is 37.3 Å². The highest BCUT2D eigenvalue weighted by Gasteiger charge is 2.11. The molecule has 0 aliphatic carbocycles. The van der Waals surface area contributed by atoms with E-state index in [1.165, 1.54) is 0 Å². The summed E-state index contributed by atoms with van der Waals surface area (Å²) in [5, 5.41) is 8.87. The molecule has 0 heterocycles. The first-order valence-corrected chi connectivity index (χ1v) is 3.84. The minimum absolute atomic E-state index is 0. The van der Waals surface area contributed by atoms with E-state index >= 15 is 0 Å². The Bertz CT molecular complexity index is 332. The molecular weight excluding hydrogens is 179 g/mol. The van der Waals surface area contributed by atoms with E-state index in [-0.39, 0.29) is 17.4 Å². The van der Waals surface area contributed by atoms with Gasteiger partial charge in [0.2, 0.25) is 0 Å². The van der Waals surface area contributed by atoms with E-state index in [0.717, 1.165) is 16.7 Å². The molecule has 0 radical (unpaired) electrons. The average Bonchev–Trinajstić information content (AvgIpc) is 1.97. The molecule has 0 atom stereocenters. The zero-order valence-electron chi connectivity index (χ0n) is 7.51. The van der Waals surface area contributed by atoms with Crippen LogP contribution in [0.3, 0.4) is 0 Å². The molecule has 1 aromatic rings. The Morgan fingerprint density at radius 2 is 1.62 bits per heavy atom. The molecule has 2 nitrogen and oxygen atoms in total. The van der Waals surface area contributed by atoms with Gasteiger partial charge in [0.05, 0.1) is 5.56 Å². The average molecular weight is 194 g/mol. The molecule has 1 aromatic carbocycles. The molecule has 0 saturated heterocycles. The molecule has 0 fully saturated rings. The van der Waals surface area contributed by atoms with Crippen molar-refractivity contribution in [2.75, 3.05) is 0 Å². The minimum Gasteiger partial charge on any atom is -0.478 e. The molecular formula is C10H15AlO2. The molecule has 0 bridgehead atoms. The molecule has 0 unspecified atom stereocenters. The largest absolute Gasteiger partial charge is 0.478 e. The normalized spacial score (nSPS) is 9.15. The van der Waals surface area contributed by atoms with Gasteiger partial charge >= 0.3 is 5.97 Å². The van der Waals surface area contributed by atoms with Gasteiger partial charge in [-0.3, -0.25) is 0 Å². The van der Waals surface area contributed by atoms with Crippen molar-refractivity contribution in [2.24, 2.45) is 0 Å². The summed E-state index contributed by atoms with van der Waals surface area (Å²) in [7, 11) is 0. The lowest BCUT2D eigenvalue weighted by molar-refractivity contribution is 0.0695. The van der Waals surface area contributed by atoms with Gasteiger partial charge in [-0.15, -0.1) is 0 Å². The molecule has 13 heavy (non-hydrogen) atoms. The Balaban J connectivity index is 0.00000144. The number of aryl methyl sites for hydroxylation is 2. The molecule has 0 aromatic heterocycles. The van der Waals surface area contributed by atoms with Crippen LogP contribution in [-0.4, -0.2) is 28.4 Å². The van der Waals surface area contributed by atoms with Crippen LogP contribution >= 0.6 is 0 Å². The Kier molecular flexibility index (Phi) is 4.19. The zero-order chi connectivity index (χ0) is 9.30. The lowest BCUT2D eigenvalue weighted by Crippen LogP contribution is -2.03. The van der Waals surface area contributed by atoms with E-state index in [2.05, 4.69) is 0 Å². The van der Waals surface area contributed by atoms with Gasteiger partial charge in [-0.2, -0.15) is 0 Å². The second-order valence-corrected chi connectivity index (χ2v) is 3.00. The fraction of sp³-hybridized carbons (Fsp3) is 0.300. The molecule has 1 N–H and O–H groups in total. The van der Waals surface area contributed by atoms with Gasteiger partial charge in [-0.1, -0.05) is 12.1 Å². The summed E-state index contributed by atoms with van der Waals surface area (Å²) in [6.07, 6.45) is 0. The summed E-state index contributed by atoms with van der Waals surface area (Å²) in [5.41, 5.74) is 3.15. The van der Waals surface area contributed by atoms with Gasteiger partial charge < -0.3 is 5.11 Å². The predicted molar refractivity (Wildman–Crippen MR) is 57.6 cm³/mol. The summed E-state index contributed by atoms with van der Waals surface area (Å²) in [6.45, 7) is 5.57. The van der Waals surface area contributed by atoms with Gasteiger partial charge in [-0.05, 0) is 37.5 Å². The Labute approximate surface area is 88.7 Å². The van der Waals surface area contributed by atoms with E-state index in [1.807, 2.05) is 32.9 Å². The van der Waals surface area contributed by atoms with Crippen molar-refractivity contribution in [3.63, 3.8) is 0 Å². The van der Waals surface area contributed by atoms with Crippen LogP contribution in [0, 0.1) is 20.8 Å². The zero-order valence-corrected chi connectivity index (χ0v) is 7.51. The van der Waals surface area contributed by atoms with E-state index < -0.39 is 5.97 Å². The number of carboxylic acid groups (broad SMARTS) is 1. The molecule has 0 saturated carbocycles. The minimum atomic E-state index is -0.839. The summed E-state index contributed by atoms with van der Waals surface area (Å²) < 4.78 is 0. The fourth-order valence-electron chi connectivity index (χ4n) is 1.28. The molecule has 0 spiro atoms. The fourth-order valence-corrected chi connectivity index (χ4v) is 1.28. The first-order chi connectivity index (χ1) is 5.54. The smallest absolute Gasteiger partial charge is 0.336 e. The van der Waals surface area contributed by atoms with Crippen LogP contribution in [-0.2, 0) is 0 Å². The van der Waals surface area contributed by atoms with Crippen molar-refractivity contribution in [1.82, 2.24) is 0 Å². The highest BCUT2D eigenvalue weighted by Crippen LogP contribution is 2.16. The maximum Gasteiger partial charge on any atom is 0.336 e. The Morgan fingerprint density at radius 1 is 1.15 bits per heavy atom. The lowest BCUT2D eigenvalue weighted by atomic mass is 9.99. The second kappa shape index (κ2) is 4.46. The van der Waals surface area contributed by atoms with Crippen LogP contribution in [0.15, 0.2) is 12.1 Å². The van der Waals surface area contributed by atoms with E-state index in [0.29, 0.717) is 5.56 Å². The van der Waals surface area contributed by atoms with Crippen molar-refractivity contribution in [1.29, 1.82) is 0 Å². The number of aromatic carboxylic acids is 1. The van der Waals surface area contributed by atoms with E-state index in [4.69, 9.17) is 5.11 Å². The van der Waals surface area contributed by atoms with Crippen LogP contribution in [0.1, 0.15) is 27.0 Å². The third-order valence-corrected chi connectivity index (χ3v) is 2.16. The lowest BCUT2D eigenvalue weighted by Gasteiger charge is -2.07. The highest BCUT2D eigenvalue weighted by atomic mass is 27.0. The number of carboxylic acids is 1. The Morgan fingerprint density at radius 3 is 2.00 bits per heavy atom. The van der Waals surface area contributed by atoms with E-state index in [1.54, 1.807) is 0 Å². The standard InChI is InChI=1S/C10H12O2.Al.3H/c1-6-4-5-7(2)9(8(6)3)10(11)12;;;;/h4-5H,1-3H3,(H,11,12);;;;. The summed E-state index contributed by atoms with van der Waals surface area (Å²) in [5.74, 6) is -0.839. The van der Waals surface area contributed by atoms with Crippen LogP contribution in [0.25, 0.3) is 0 Å². The monoisotopic (exact) mass is 194 g/mol. The first-order valence-electron chi connectivity index (χ1n) is 3.84. The summed E-state index contributed by atoms with van der Waals surface area (Å²) in [4.78, 5) is 10.8. The number of rotatable bonds is 1. The van der Waals surface area contributed by atoms with Crippen LogP contribution in [0.2, 0.25) is 0 Å². The first kappa shape index (κ1) is 12.2. The van der Waals surface area contributed by atoms with Gasteiger partial charge in [0.15, 0.2) is 17.4 Å². The van der Waals surface area contributed by atoms with Crippen molar-refractivity contribution in [2.45, 2.75) is 20.8 Å². The van der Waals surface area contributed by atoms with Crippen LogP contribution < -0.4 is 0 Å².